The SMILES string of the molecule is CN=C(NC(=O)OC(C)(C)C)C(CC(C)O)S(=O)(=O)Cc1cc(Br)ccc1F. The quantitative estimate of drug-likeness (QED) is 0.480. The highest BCUT2D eigenvalue weighted by molar-refractivity contribution is 9.10. The number of alkyl carbamates (subject to hydrolysis) is 1. The summed E-state index contributed by atoms with van der Waals surface area (Å²) < 4.78 is 45.7. The Kier molecular flexibility index (Phi) is 8.58. The van der Waals surface area contributed by atoms with Crippen LogP contribution in [0.15, 0.2) is 27.7 Å². The Balaban J connectivity index is 3.19. The standard InChI is InChI=1S/C18H26BrFN2O5S/c1-11(23)8-15(16(21-5)22-17(24)27-18(2,3)4)28(25,26)10-12-9-13(19)6-7-14(12)20/h6-7,9,11,15,23H,8,10H2,1-5H3,(H,21,22,24). The molecular weight excluding hydrogens is 455 g/mol. The number of aliphatic hydroxyl groups excluding tert-OH is 1. The molecule has 1 aromatic carbocycles. The molecule has 2 N–H and O–H groups in total. The minimum Gasteiger partial charge on any atom is -0.444 e. The van der Waals surface area contributed by atoms with Crippen LogP contribution in [0.4, 0.5) is 9.18 Å². The van der Waals surface area contributed by atoms with Gasteiger partial charge in [-0.3, -0.25) is 10.3 Å². The Hall–Kier alpha value is -1.52. The molecule has 0 fully saturated rings. The average molecular weight is 481 g/mol. The van der Waals surface area contributed by atoms with Crippen molar-refractivity contribution in [3.8, 4) is 0 Å². The highest BCUT2D eigenvalue weighted by Gasteiger charge is 2.34. The van der Waals surface area contributed by atoms with Crippen molar-refractivity contribution in [2.75, 3.05) is 7.05 Å². The number of nitrogens with one attached hydrogen (secondary N) is 1. The van der Waals surface area contributed by atoms with Crippen LogP contribution in [0.25, 0.3) is 0 Å². The number of hydrogen-bond acceptors (Lipinski definition) is 6. The summed E-state index contributed by atoms with van der Waals surface area (Å²) in [6.07, 6.45) is -2.09. The Morgan fingerprint density at radius 2 is 2.00 bits per heavy atom. The van der Waals surface area contributed by atoms with Crippen molar-refractivity contribution in [2.24, 2.45) is 4.99 Å². The second-order valence-corrected chi connectivity index (χ2v) is 10.5. The first-order valence-electron chi connectivity index (χ1n) is 8.55. The number of ether oxygens (including phenoxy) is 1. The summed E-state index contributed by atoms with van der Waals surface area (Å²) in [7, 11) is -2.72. The summed E-state index contributed by atoms with van der Waals surface area (Å²) in [5, 5.41) is 10.8. The number of amidine groups is 1. The summed E-state index contributed by atoms with van der Waals surface area (Å²) >= 11 is 3.19. The van der Waals surface area contributed by atoms with Gasteiger partial charge in [-0.05, 0) is 52.3 Å². The van der Waals surface area contributed by atoms with Crippen molar-refractivity contribution in [1.29, 1.82) is 0 Å². The number of aliphatic imine (C=N–C) groups is 1. The molecule has 10 heteroatoms. The summed E-state index contributed by atoms with van der Waals surface area (Å²) in [6, 6.07) is 3.99. The van der Waals surface area contributed by atoms with Crippen LogP contribution < -0.4 is 5.32 Å². The maximum absolute atomic E-state index is 14.1. The zero-order valence-electron chi connectivity index (χ0n) is 16.5. The van der Waals surface area contributed by atoms with Gasteiger partial charge in [-0.15, -0.1) is 0 Å². The van der Waals surface area contributed by atoms with E-state index in [0.717, 1.165) is 6.07 Å². The van der Waals surface area contributed by atoms with Crippen LogP contribution in [-0.2, 0) is 20.3 Å². The van der Waals surface area contributed by atoms with Gasteiger partial charge in [0.1, 0.15) is 22.5 Å². The lowest BCUT2D eigenvalue weighted by Crippen LogP contribution is -2.46. The molecular formula is C18H26BrFN2O5S. The number of benzene rings is 1. The van der Waals surface area contributed by atoms with Gasteiger partial charge in [0.2, 0.25) is 0 Å². The zero-order chi connectivity index (χ0) is 21.7. The first-order valence-corrected chi connectivity index (χ1v) is 11.1. The molecule has 2 atom stereocenters. The summed E-state index contributed by atoms with van der Waals surface area (Å²) in [5.74, 6) is -1.46. The van der Waals surface area contributed by atoms with Crippen molar-refractivity contribution in [2.45, 2.75) is 56.8 Å². The van der Waals surface area contributed by atoms with Crippen molar-refractivity contribution in [1.82, 2.24) is 5.32 Å². The molecule has 0 radical (unpaired) electrons. The molecule has 0 spiro atoms. The number of carbonyl (C=O) groups is 1. The second-order valence-electron chi connectivity index (χ2n) is 7.35. The van der Waals surface area contributed by atoms with Crippen LogP contribution >= 0.6 is 15.9 Å². The van der Waals surface area contributed by atoms with E-state index >= 15 is 0 Å². The molecule has 0 saturated carbocycles. The van der Waals surface area contributed by atoms with Gasteiger partial charge < -0.3 is 9.84 Å². The lowest BCUT2D eigenvalue weighted by atomic mass is 10.2. The fraction of sp³-hybridized carbons (Fsp3) is 0.556. The van der Waals surface area contributed by atoms with Gasteiger partial charge in [0, 0.05) is 17.1 Å². The third kappa shape index (κ3) is 7.84. The van der Waals surface area contributed by atoms with Crippen LogP contribution in [0.3, 0.4) is 0 Å². The largest absolute Gasteiger partial charge is 0.444 e. The maximum Gasteiger partial charge on any atom is 0.413 e. The molecule has 1 amide bonds. The predicted octanol–water partition coefficient (Wildman–Crippen LogP) is 3.20. The van der Waals surface area contributed by atoms with E-state index in [-0.39, 0.29) is 17.8 Å². The molecule has 1 aromatic rings. The molecule has 158 valence electrons. The van der Waals surface area contributed by atoms with Crippen molar-refractivity contribution in [3.05, 3.63) is 34.1 Å². The fourth-order valence-corrected chi connectivity index (χ4v) is 4.74. The third-order valence-electron chi connectivity index (χ3n) is 3.53. The van der Waals surface area contributed by atoms with Crippen molar-refractivity contribution >= 4 is 37.7 Å². The van der Waals surface area contributed by atoms with Gasteiger partial charge in [-0.2, -0.15) is 0 Å². The van der Waals surface area contributed by atoms with E-state index in [1.165, 1.54) is 26.1 Å². The second kappa shape index (κ2) is 9.80. The van der Waals surface area contributed by atoms with Gasteiger partial charge in [-0.25, -0.2) is 17.6 Å². The Bertz CT molecular complexity index is 835. The Labute approximate surface area is 173 Å². The molecule has 0 aliphatic carbocycles. The fourth-order valence-electron chi connectivity index (χ4n) is 2.40. The van der Waals surface area contributed by atoms with E-state index < -0.39 is 44.5 Å². The van der Waals surface area contributed by atoms with Gasteiger partial charge >= 0.3 is 6.09 Å². The van der Waals surface area contributed by atoms with E-state index in [2.05, 4.69) is 26.2 Å². The molecule has 28 heavy (non-hydrogen) atoms. The lowest BCUT2D eigenvalue weighted by molar-refractivity contribution is 0.0561. The van der Waals surface area contributed by atoms with E-state index in [1.807, 2.05) is 0 Å². The number of halogens is 2. The van der Waals surface area contributed by atoms with Crippen LogP contribution in [0.2, 0.25) is 0 Å². The summed E-state index contributed by atoms with van der Waals surface area (Å²) in [6.45, 7) is 6.41. The van der Waals surface area contributed by atoms with Crippen molar-refractivity contribution in [3.63, 3.8) is 0 Å². The Morgan fingerprint density at radius 1 is 1.39 bits per heavy atom. The number of amides is 1. The molecule has 0 bridgehead atoms. The van der Waals surface area contributed by atoms with Crippen LogP contribution in [0.5, 0.6) is 0 Å². The molecule has 0 heterocycles. The molecule has 0 aromatic heterocycles. The van der Waals surface area contributed by atoms with E-state index in [9.17, 15) is 22.7 Å². The predicted molar refractivity (Wildman–Crippen MR) is 110 cm³/mol. The van der Waals surface area contributed by atoms with Crippen LogP contribution in [-0.4, -0.2) is 49.5 Å². The number of rotatable bonds is 6. The summed E-state index contributed by atoms with van der Waals surface area (Å²) in [4.78, 5) is 15.9. The molecule has 0 saturated heterocycles. The highest BCUT2D eigenvalue weighted by atomic mass is 79.9. The number of aliphatic hydroxyl groups is 1. The zero-order valence-corrected chi connectivity index (χ0v) is 18.9. The molecule has 0 aliphatic heterocycles. The molecule has 1 rings (SSSR count). The average Bonchev–Trinajstić information content (AvgIpc) is 2.52. The smallest absolute Gasteiger partial charge is 0.413 e. The molecule has 2 unspecified atom stereocenters. The minimum absolute atomic E-state index is 0.0299. The number of hydrogen-bond donors (Lipinski definition) is 2. The van der Waals surface area contributed by atoms with E-state index in [4.69, 9.17) is 4.74 Å². The van der Waals surface area contributed by atoms with Gasteiger partial charge in [0.15, 0.2) is 9.84 Å². The number of sulfone groups is 1. The third-order valence-corrected chi connectivity index (χ3v) is 6.02. The highest BCUT2D eigenvalue weighted by Crippen LogP contribution is 2.22. The number of nitrogens with zero attached hydrogens (tertiary/aromatic N) is 1. The molecule has 0 aliphatic rings. The van der Waals surface area contributed by atoms with Crippen molar-refractivity contribution < 1.29 is 27.4 Å². The van der Waals surface area contributed by atoms with Gasteiger partial charge in [0.25, 0.3) is 0 Å². The van der Waals surface area contributed by atoms with E-state index in [0.29, 0.717) is 4.47 Å². The van der Waals surface area contributed by atoms with Crippen LogP contribution in [0, 0.1) is 5.82 Å². The summed E-state index contributed by atoms with van der Waals surface area (Å²) in [5.41, 5.74) is -0.821. The van der Waals surface area contributed by atoms with Gasteiger partial charge in [0.05, 0.1) is 11.9 Å². The monoisotopic (exact) mass is 480 g/mol. The first kappa shape index (κ1) is 24.5. The first-order chi connectivity index (χ1) is 12.7. The van der Waals surface area contributed by atoms with E-state index in [1.54, 1.807) is 20.8 Å². The number of carbonyl (C=O) groups excluding carboxylic acids is 1. The topological polar surface area (TPSA) is 105 Å². The maximum atomic E-state index is 14.1. The normalized spacial score (nSPS) is 15.1. The molecule has 7 nitrogen and oxygen atoms in total. The van der Waals surface area contributed by atoms with Gasteiger partial charge in [-0.1, -0.05) is 15.9 Å². The lowest BCUT2D eigenvalue weighted by Gasteiger charge is -2.24. The van der Waals surface area contributed by atoms with Crippen LogP contribution in [0.1, 0.15) is 39.7 Å². The Morgan fingerprint density at radius 3 is 2.50 bits per heavy atom. The minimum atomic E-state index is -4.03.